The van der Waals surface area contributed by atoms with Crippen LogP contribution in [0.2, 0.25) is 0 Å². The molecular formula is C42H82O9S. The summed E-state index contributed by atoms with van der Waals surface area (Å²) in [6.45, 7) is 9.71. The third kappa shape index (κ3) is 35.8. The van der Waals surface area contributed by atoms with Crippen LogP contribution in [-0.4, -0.2) is 72.4 Å². The summed E-state index contributed by atoms with van der Waals surface area (Å²) >= 11 is 0. The Morgan fingerprint density at radius 3 is 1.29 bits per heavy atom. The molecule has 0 fully saturated rings. The van der Waals surface area contributed by atoms with Gasteiger partial charge in [0.2, 0.25) is 0 Å². The second-order valence-electron chi connectivity index (χ2n) is 15.0. The zero-order valence-electron chi connectivity index (χ0n) is 34.4. The molecule has 0 aromatic heterocycles. The molecular weight excluding hydrogens is 681 g/mol. The van der Waals surface area contributed by atoms with Crippen molar-refractivity contribution in [3.63, 3.8) is 0 Å². The Balaban J connectivity index is 4.64. The van der Waals surface area contributed by atoms with Crippen LogP contribution in [-0.2, 0) is 42.8 Å². The molecule has 0 rings (SSSR count). The van der Waals surface area contributed by atoms with Crippen molar-refractivity contribution >= 4 is 22.1 Å². The van der Waals surface area contributed by atoms with Crippen molar-refractivity contribution in [3.8, 4) is 0 Å². The number of hydrogen-bond donors (Lipinski definition) is 0. The molecule has 0 bridgehead atoms. The van der Waals surface area contributed by atoms with Crippen molar-refractivity contribution in [2.75, 3.05) is 45.9 Å². The Morgan fingerprint density at radius 1 is 0.481 bits per heavy atom. The fraction of sp³-hybridized carbons (Fsp3) is 0.952. The van der Waals surface area contributed by atoms with E-state index in [2.05, 4.69) is 27.7 Å². The second kappa shape index (κ2) is 36.7. The number of ether oxygens (including phenoxy) is 4. The first kappa shape index (κ1) is 50.8. The lowest BCUT2D eigenvalue weighted by Crippen LogP contribution is -2.29. The van der Waals surface area contributed by atoms with Crippen LogP contribution < -0.4 is 0 Å². The number of unbranched alkanes of at least 4 members (excludes halogenated alkanes) is 16. The molecule has 0 aromatic carbocycles. The van der Waals surface area contributed by atoms with Gasteiger partial charge >= 0.3 is 11.9 Å². The molecule has 0 spiro atoms. The monoisotopic (exact) mass is 763 g/mol. The zero-order chi connectivity index (χ0) is 38.5. The average Bonchev–Trinajstić information content (AvgIpc) is 3.11. The van der Waals surface area contributed by atoms with Gasteiger partial charge in [-0.3, -0.25) is 13.8 Å². The van der Waals surface area contributed by atoms with Crippen LogP contribution in [0.25, 0.3) is 0 Å². The standard InChI is InChI=1S/C42H82O9S/c1-6-10-14-17-19-21-25-28-38(26-22-13-9-4)34-49-41(43)30-32-47-36-40(37-51-52(5,45)46)48-33-31-42(44)50-35-39(27-23-16-12-8-3)29-24-20-18-15-11-7-2/h38-40H,6-37H2,1-5H3. The van der Waals surface area contributed by atoms with Crippen LogP contribution in [0.1, 0.15) is 195 Å². The average molecular weight is 763 g/mol. The van der Waals surface area contributed by atoms with E-state index in [-0.39, 0.29) is 51.2 Å². The minimum atomic E-state index is -3.69. The van der Waals surface area contributed by atoms with E-state index in [9.17, 15) is 18.0 Å². The van der Waals surface area contributed by atoms with Crippen LogP contribution in [0.15, 0.2) is 0 Å². The van der Waals surface area contributed by atoms with Gasteiger partial charge in [0.15, 0.2) is 0 Å². The summed E-state index contributed by atoms with van der Waals surface area (Å²) in [5, 5.41) is 0. The third-order valence-corrected chi connectivity index (χ3v) is 10.3. The highest BCUT2D eigenvalue weighted by Gasteiger charge is 2.18. The molecule has 3 unspecified atom stereocenters. The minimum absolute atomic E-state index is 0.0217. The molecule has 0 aliphatic rings. The molecule has 0 saturated heterocycles. The summed E-state index contributed by atoms with van der Waals surface area (Å²) in [5.41, 5.74) is 0. The van der Waals surface area contributed by atoms with Gasteiger partial charge < -0.3 is 18.9 Å². The van der Waals surface area contributed by atoms with Crippen molar-refractivity contribution in [3.05, 3.63) is 0 Å². The van der Waals surface area contributed by atoms with E-state index in [0.717, 1.165) is 44.8 Å². The molecule has 0 saturated carbocycles. The Kier molecular flexibility index (Phi) is 35.9. The minimum Gasteiger partial charge on any atom is -0.465 e. The smallest absolute Gasteiger partial charge is 0.308 e. The molecule has 10 heteroatoms. The van der Waals surface area contributed by atoms with Crippen LogP contribution in [0.5, 0.6) is 0 Å². The quantitative estimate of drug-likeness (QED) is 0.0342. The van der Waals surface area contributed by atoms with Gasteiger partial charge in [0.1, 0.15) is 6.10 Å². The maximum atomic E-state index is 12.6. The fourth-order valence-corrected chi connectivity index (χ4v) is 6.76. The Bertz CT molecular complexity index is 911. The predicted molar refractivity (Wildman–Crippen MR) is 213 cm³/mol. The first-order valence-electron chi connectivity index (χ1n) is 21.5. The Morgan fingerprint density at radius 2 is 0.846 bits per heavy atom. The predicted octanol–water partition coefficient (Wildman–Crippen LogP) is 10.9. The Labute approximate surface area is 320 Å². The molecule has 310 valence electrons. The molecule has 0 heterocycles. The van der Waals surface area contributed by atoms with Gasteiger partial charge in [0.05, 0.1) is 58.7 Å². The maximum Gasteiger partial charge on any atom is 0.308 e. The summed E-state index contributed by atoms with van der Waals surface area (Å²) < 4.78 is 51.0. The van der Waals surface area contributed by atoms with E-state index in [4.69, 9.17) is 23.1 Å². The number of carbonyl (C=O) groups excluding carboxylic acids is 2. The maximum absolute atomic E-state index is 12.6. The number of hydrogen-bond acceptors (Lipinski definition) is 9. The van der Waals surface area contributed by atoms with Crippen LogP contribution >= 0.6 is 0 Å². The summed E-state index contributed by atoms with van der Waals surface area (Å²) in [5.74, 6) is 0.142. The fourth-order valence-electron chi connectivity index (χ4n) is 6.36. The van der Waals surface area contributed by atoms with E-state index in [1.807, 2.05) is 0 Å². The topological polar surface area (TPSA) is 114 Å². The SMILES string of the molecule is CCCCCCCCCC(CCCCC)COC(=O)CCOCC(COS(C)(=O)=O)OCCC(=O)OCC(CCCCCC)CCCCCCCC. The molecule has 0 N–H and O–H groups in total. The lowest BCUT2D eigenvalue weighted by atomic mass is 9.95. The van der Waals surface area contributed by atoms with Crippen molar-refractivity contribution in [1.29, 1.82) is 0 Å². The van der Waals surface area contributed by atoms with Crippen molar-refractivity contribution in [2.24, 2.45) is 11.8 Å². The molecule has 52 heavy (non-hydrogen) atoms. The third-order valence-electron chi connectivity index (χ3n) is 9.71. The summed E-state index contributed by atoms with van der Waals surface area (Å²) in [6.07, 6.45) is 29.5. The molecule has 3 atom stereocenters. The zero-order valence-corrected chi connectivity index (χ0v) is 35.3. The van der Waals surface area contributed by atoms with Crippen LogP contribution in [0.4, 0.5) is 0 Å². The van der Waals surface area contributed by atoms with Crippen molar-refractivity contribution in [2.45, 2.75) is 201 Å². The van der Waals surface area contributed by atoms with Gasteiger partial charge in [0, 0.05) is 0 Å². The number of carbonyl (C=O) groups is 2. The summed E-state index contributed by atoms with van der Waals surface area (Å²) in [7, 11) is -3.69. The van der Waals surface area contributed by atoms with Crippen molar-refractivity contribution in [1.82, 2.24) is 0 Å². The highest BCUT2D eigenvalue weighted by Crippen LogP contribution is 2.21. The Hall–Kier alpha value is -1.23. The first-order chi connectivity index (χ1) is 25.1. The van der Waals surface area contributed by atoms with Gasteiger partial charge in [-0.2, -0.15) is 8.42 Å². The van der Waals surface area contributed by atoms with Crippen LogP contribution in [0, 0.1) is 11.8 Å². The van der Waals surface area contributed by atoms with Crippen molar-refractivity contribution < 1.29 is 41.1 Å². The lowest BCUT2D eigenvalue weighted by molar-refractivity contribution is -0.149. The van der Waals surface area contributed by atoms with Gasteiger partial charge in [0.25, 0.3) is 10.1 Å². The van der Waals surface area contributed by atoms with E-state index < -0.39 is 16.2 Å². The van der Waals surface area contributed by atoms with Gasteiger partial charge in [-0.05, 0) is 37.5 Å². The molecule has 9 nitrogen and oxygen atoms in total. The summed E-state index contributed by atoms with van der Waals surface area (Å²) in [4.78, 5) is 25.1. The first-order valence-corrected chi connectivity index (χ1v) is 23.3. The number of esters is 2. The second-order valence-corrected chi connectivity index (χ2v) is 16.6. The normalized spacial score (nSPS) is 13.6. The molecule has 0 radical (unpaired) electrons. The largest absolute Gasteiger partial charge is 0.465 e. The molecule has 0 aliphatic heterocycles. The molecule has 0 aromatic rings. The van der Waals surface area contributed by atoms with Crippen LogP contribution in [0.3, 0.4) is 0 Å². The lowest BCUT2D eigenvalue weighted by Gasteiger charge is -2.19. The van der Waals surface area contributed by atoms with E-state index in [1.54, 1.807) is 0 Å². The van der Waals surface area contributed by atoms with E-state index >= 15 is 0 Å². The van der Waals surface area contributed by atoms with Gasteiger partial charge in [-0.1, -0.05) is 156 Å². The molecule has 0 aliphatic carbocycles. The van der Waals surface area contributed by atoms with Gasteiger partial charge in [-0.15, -0.1) is 0 Å². The number of rotatable bonds is 40. The van der Waals surface area contributed by atoms with E-state index in [0.29, 0.717) is 25.0 Å². The highest BCUT2D eigenvalue weighted by atomic mass is 32.2. The van der Waals surface area contributed by atoms with E-state index in [1.165, 1.54) is 116 Å². The summed E-state index contributed by atoms with van der Waals surface area (Å²) in [6, 6.07) is 0. The molecule has 0 amide bonds. The highest BCUT2D eigenvalue weighted by molar-refractivity contribution is 7.85. The van der Waals surface area contributed by atoms with Gasteiger partial charge in [-0.25, -0.2) is 0 Å².